The number of carboxylic acid groups (broad SMARTS) is 1. The van der Waals surface area contributed by atoms with Gasteiger partial charge in [-0.3, -0.25) is 0 Å². The Balaban J connectivity index is 3.16. The van der Waals surface area contributed by atoms with Crippen molar-refractivity contribution < 1.29 is 23.8 Å². The van der Waals surface area contributed by atoms with Crippen LogP contribution in [0.2, 0.25) is 5.02 Å². The second-order valence-corrected chi connectivity index (χ2v) is 3.88. The summed E-state index contributed by atoms with van der Waals surface area (Å²) >= 11 is 5.45. The van der Waals surface area contributed by atoms with Gasteiger partial charge in [-0.1, -0.05) is 17.7 Å². The van der Waals surface area contributed by atoms with Gasteiger partial charge < -0.3 is 10.2 Å². The highest BCUT2D eigenvalue weighted by molar-refractivity contribution is 6.30. The molecule has 1 aromatic carbocycles. The fourth-order valence-electron chi connectivity index (χ4n) is 1.20. The van der Waals surface area contributed by atoms with Crippen molar-refractivity contribution in [2.45, 2.75) is 18.7 Å². The SMILES string of the molecule is CC(O)(c1ccc(F)c(Cl)c1)C(F)C(=O)O. The Kier molecular flexibility index (Phi) is 3.50. The maximum absolute atomic E-state index is 13.2. The molecule has 1 aromatic rings. The zero-order chi connectivity index (χ0) is 12.5. The molecule has 0 fully saturated rings. The van der Waals surface area contributed by atoms with Crippen molar-refractivity contribution in [2.75, 3.05) is 0 Å². The molecule has 1 rings (SSSR count). The molecule has 88 valence electrons. The first kappa shape index (κ1) is 12.9. The highest BCUT2D eigenvalue weighted by Gasteiger charge is 2.39. The first-order valence-electron chi connectivity index (χ1n) is 4.31. The molecule has 0 spiro atoms. The summed E-state index contributed by atoms with van der Waals surface area (Å²) in [5, 5.41) is 17.9. The zero-order valence-corrected chi connectivity index (χ0v) is 9.00. The first-order valence-corrected chi connectivity index (χ1v) is 4.69. The lowest BCUT2D eigenvalue weighted by Crippen LogP contribution is -2.39. The minimum atomic E-state index is -2.52. The summed E-state index contributed by atoms with van der Waals surface area (Å²) in [6.45, 7) is 0.982. The van der Waals surface area contributed by atoms with Crippen LogP contribution in [-0.4, -0.2) is 22.4 Å². The Bertz CT molecular complexity index is 421. The Morgan fingerprint density at radius 1 is 1.56 bits per heavy atom. The number of halogens is 3. The second-order valence-electron chi connectivity index (χ2n) is 3.48. The number of aliphatic hydroxyl groups is 1. The van der Waals surface area contributed by atoms with E-state index in [-0.39, 0.29) is 10.6 Å². The van der Waals surface area contributed by atoms with E-state index in [1.54, 1.807) is 0 Å². The van der Waals surface area contributed by atoms with E-state index in [0.717, 1.165) is 25.1 Å². The van der Waals surface area contributed by atoms with Gasteiger partial charge in [0.1, 0.15) is 11.4 Å². The van der Waals surface area contributed by atoms with Crippen molar-refractivity contribution in [3.8, 4) is 0 Å². The maximum Gasteiger partial charge on any atom is 0.341 e. The third-order valence-electron chi connectivity index (χ3n) is 2.21. The smallest absolute Gasteiger partial charge is 0.341 e. The lowest BCUT2D eigenvalue weighted by Gasteiger charge is -2.25. The summed E-state index contributed by atoms with van der Waals surface area (Å²) in [6.07, 6.45) is -2.52. The molecule has 0 heterocycles. The standard InChI is InChI=1S/C10H9ClF2O3/c1-10(16,8(13)9(14)15)5-2-3-7(12)6(11)4-5/h2-4,8,16H,1H3,(H,14,15). The molecule has 0 aliphatic carbocycles. The molecule has 0 radical (unpaired) electrons. The summed E-state index contributed by atoms with van der Waals surface area (Å²) in [5.41, 5.74) is -2.36. The molecule has 0 bridgehead atoms. The number of aliphatic carboxylic acids is 1. The number of rotatable bonds is 3. The number of alkyl halides is 1. The molecule has 0 aliphatic rings. The fourth-order valence-corrected chi connectivity index (χ4v) is 1.38. The lowest BCUT2D eigenvalue weighted by molar-refractivity contribution is -0.153. The molecule has 0 aliphatic heterocycles. The molecule has 0 saturated carbocycles. The van der Waals surface area contributed by atoms with Crippen LogP contribution in [0.5, 0.6) is 0 Å². The highest BCUT2D eigenvalue weighted by Crippen LogP contribution is 2.29. The summed E-state index contributed by atoms with van der Waals surface area (Å²) in [6, 6.07) is 3.00. The molecule has 16 heavy (non-hydrogen) atoms. The lowest BCUT2D eigenvalue weighted by atomic mass is 9.91. The van der Waals surface area contributed by atoms with E-state index >= 15 is 0 Å². The molecule has 2 atom stereocenters. The first-order chi connectivity index (χ1) is 7.26. The normalized spacial score (nSPS) is 16.6. The minimum absolute atomic E-state index is 0.103. The van der Waals surface area contributed by atoms with Crippen molar-refractivity contribution in [1.29, 1.82) is 0 Å². The van der Waals surface area contributed by atoms with Gasteiger partial charge in [0.2, 0.25) is 6.17 Å². The van der Waals surface area contributed by atoms with Crippen LogP contribution in [-0.2, 0) is 10.4 Å². The molecule has 0 aromatic heterocycles. The van der Waals surface area contributed by atoms with Crippen molar-refractivity contribution >= 4 is 17.6 Å². The van der Waals surface area contributed by atoms with E-state index in [1.807, 2.05) is 0 Å². The van der Waals surface area contributed by atoms with Gasteiger partial charge in [0.15, 0.2) is 0 Å². The minimum Gasteiger partial charge on any atom is -0.479 e. The largest absolute Gasteiger partial charge is 0.479 e. The van der Waals surface area contributed by atoms with Crippen molar-refractivity contribution in [3.05, 3.63) is 34.6 Å². The van der Waals surface area contributed by atoms with E-state index in [4.69, 9.17) is 16.7 Å². The van der Waals surface area contributed by atoms with Crippen molar-refractivity contribution in [3.63, 3.8) is 0 Å². The number of carbonyl (C=O) groups is 1. The molecule has 6 heteroatoms. The van der Waals surface area contributed by atoms with E-state index in [9.17, 15) is 18.7 Å². The van der Waals surface area contributed by atoms with Gasteiger partial charge in [-0.05, 0) is 24.6 Å². The van der Waals surface area contributed by atoms with Crippen LogP contribution in [0.4, 0.5) is 8.78 Å². The molecule has 0 saturated heterocycles. The summed E-state index contributed by atoms with van der Waals surface area (Å²) < 4.78 is 26.1. The third-order valence-corrected chi connectivity index (χ3v) is 2.50. The van der Waals surface area contributed by atoms with Crippen molar-refractivity contribution in [1.82, 2.24) is 0 Å². The summed E-state index contributed by atoms with van der Waals surface area (Å²) in [4.78, 5) is 10.4. The third kappa shape index (κ3) is 2.31. The van der Waals surface area contributed by atoms with Gasteiger partial charge in [-0.25, -0.2) is 13.6 Å². The van der Waals surface area contributed by atoms with Crippen LogP contribution in [0.3, 0.4) is 0 Å². The predicted molar refractivity (Wildman–Crippen MR) is 53.5 cm³/mol. The van der Waals surface area contributed by atoms with Crippen LogP contribution in [0.1, 0.15) is 12.5 Å². The Hall–Kier alpha value is -1.20. The molecule has 2 N–H and O–H groups in total. The summed E-state index contributed by atoms with van der Waals surface area (Å²) in [7, 11) is 0. The van der Waals surface area contributed by atoms with Gasteiger partial charge >= 0.3 is 5.97 Å². The van der Waals surface area contributed by atoms with Gasteiger partial charge in [-0.15, -0.1) is 0 Å². The van der Waals surface area contributed by atoms with E-state index in [0.29, 0.717) is 0 Å². The second kappa shape index (κ2) is 4.35. The summed E-state index contributed by atoms with van der Waals surface area (Å²) in [5.74, 6) is -2.53. The molecular weight excluding hydrogens is 242 g/mol. The van der Waals surface area contributed by atoms with Gasteiger partial charge in [0.25, 0.3) is 0 Å². The number of carboxylic acids is 1. The Morgan fingerprint density at radius 2 is 2.12 bits per heavy atom. The highest BCUT2D eigenvalue weighted by atomic mass is 35.5. The average Bonchev–Trinajstić information content (AvgIpc) is 2.20. The zero-order valence-electron chi connectivity index (χ0n) is 8.25. The molecular formula is C10H9ClF2O3. The van der Waals surface area contributed by atoms with Gasteiger partial charge in [-0.2, -0.15) is 0 Å². The van der Waals surface area contributed by atoms with E-state index < -0.39 is 23.6 Å². The van der Waals surface area contributed by atoms with Crippen LogP contribution in [0.15, 0.2) is 18.2 Å². The fraction of sp³-hybridized carbons (Fsp3) is 0.300. The monoisotopic (exact) mass is 250 g/mol. The van der Waals surface area contributed by atoms with E-state index in [2.05, 4.69) is 0 Å². The predicted octanol–water partition coefficient (Wildman–Crippen LogP) is 2.11. The Morgan fingerprint density at radius 3 is 2.56 bits per heavy atom. The van der Waals surface area contributed by atoms with E-state index in [1.165, 1.54) is 0 Å². The molecule has 2 unspecified atom stereocenters. The topological polar surface area (TPSA) is 57.5 Å². The maximum atomic E-state index is 13.2. The number of hydrogen-bond acceptors (Lipinski definition) is 2. The molecule has 3 nitrogen and oxygen atoms in total. The van der Waals surface area contributed by atoms with Gasteiger partial charge in [0.05, 0.1) is 5.02 Å². The van der Waals surface area contributed by atoms with Gasteiger partial charge in [0, 0.05) is 0 Å². The van der Waals surface area contributed by atoms with Crippen LogP contribution >= 0.6 is 11.6 Å². The van der Waals surface area contributed by atoms with Crippen molar-refractivity contribution in [2.24, 2.45) is 0 Å². The average molecular weight is 251 g/mol. The Labute approximate surface area is 95.3 Å². The number of hydrogen-bond donors (Lipinski definition) is 2. The molecule has 0 amide bonds. The van der Waals surface area contributed by atoms with Crippen LogP contribution in [0.25, 0.3) is 0 Å². The van der Waals surface area contributed by atoms with Crippen LogP contribution < -0.4 is 0 Å². The van der Waals surface area contributed by atoms with Crippen LogP contribution in [0, 0.1) is 5.82 Å². The number of benzene rings is 1. The quantitative estimate of drug-likeness (QED) is 0.864.